The minimum Gasteiger partial charge on any atom is -0.354 e. The second kappa shape index (κ2) is 8.74. The lowest BCUT2D eigenvalue weighted by molar-refractivity contribution is -0.110. The molecule has 4 nitrogen and oxygen atoms in total. The Labute approximate surface area is 182 Å². The first-order valence-corrected chi connectivity index (χ1v) is 10.4. The molecule has 1 amide bonds. The first kappa shape index (κ1) is 20.2. The van der Waals surface area contributed by atoms with Gasteiger partial charge in [-0.2, -0.15) is 0 Å². The molecule has 1 aliphatic heterocycles. The van der Waals surface area contributed by atoms with Crippen LogP contribution >= 0.6 is 11.6 Å². The zero-order valence-corrected chi connectivity index (χ0v) is 17.8. The molecule has 0 aromatic heterocycles. The van der Waals surface area contributed by atoms with Crippen molar-refractivity contribution in [3.63, 3.8) is 0 Å². The summed E-state index contributed by atoms with van der Waals surface area (Å²) in [4.78, 5) is 12.9. The highest BCUT2D eigenvalue weighted by atomic mass is 35.5. The average Bonchev–Trinajstić information content (AvgIpc) is 3.06. The highest BCUT2D eigenvalue weighted by Gasteiger charge is 2.28. The fourth-order valence-corrected chi connectivity index (χ4v) is 3.62. The van der Waals surface area contributed by atoms with Crippen LogP contribution in [-0.4, -0.2) is 11.9 Å². The Bertz CT molecular complexity index is 1090. The molecule has 1 heterocycles. The molecule has 4 rings (SSSR count). The summed E-state index contributed by atoms with van der Waals surface area (Å²) in [6.45, 7) is 5.08. The molecule has 5 heteroatoms. The fourth-order valence-electron chi connectivity index (χ4n) is 3.45. The second-order valence-electron chi connectivity index (χ2n) is 7.62. The van der Waals surface area contributed by atoms with Gasteiger partial charge in [0, 0.05) is 28.9 Å². The highest BCUT2D eigenvalue weighted by Crippen LogP contribution is 2.38. The number of hydrogen-bond donors (Lipinski definition) is 3. The molecule has 0 unspecified atom stereocenters. The molecule has 0 radical (unpaired) electrons. The Balaban J connectivity index is 1.73. The number of amides is 1. The van der Waals surface area contributed by atoms with Crippen molar-refractivity contribution in [1.29, 1.82) is 0 Å². The van der Waals surface area contributed by atoms with Crippen LogP contribution in [0, 0.1) is 0 Å². The van der Waals surface area contributed by atoms with Gasteiger partial charge < -0.3 is 16.0 Å². The van der Waals surface area contributed by atoms with Crippen LogP contribution in [0.25, 0.3) is 11.3 Å². The zero-order valence-electron chi connectivity index (χ0n) is 17.0. The van der Waals surface area contributed by atoms with Crippen LogP contribution in [0.5, 0.6) is 0 Å². The fraction of sp³-hybridized carbons (Fsp3) is 0.160. The number of nitrogens with one attached hydrogen (secondary N) is 3. The van der Waals surface area contributed by atoms with Gasteiger partial charge in [0.2, 0.25) is 0 Å². The molecule has 0 aliphatic carbocycles. The average molecular weight is 418 g/mol. The van der Waals surface area contributed by atoms with Gasteiger partial charge in [-0.15, -0.1) is 0 Å². The zero-order chi connectivity index (χ0) is 21.1. The normalized spacial score (nSPS) is 14.5. The summed E-state index contributed by atoms with van der Waals surface area (Å²) >= 11 is 6.12. The second-order valence-corrected chi connectivity index (χ2v) is 8.05. The van der Waals surface area contributed by atoms with E-state index in [2.05, 4.69) is 41.9 Å². The van der Waals surface area contributed by atoms with E-state index in [1.54, 1.807) is 12.1 Å². The van der Waals surface area contributed by atoms with Crippen molar-refractivity contribution < 1.29 is 4.79 Å². The number of fused-ring (bicyclic) bond motifs is 1. The Morgan fingerprint density at radius 2 is 1.73 bits per heavy atom. The van der Waals surface area contributed by atoms with E-state index in [4.69, 9.17) is 11.6 Å². The van der Waals surface area contributed by atoms with E-state index in [0.29, 0.717) is 16.6 Å². The van der Waals surface area contributed by atoms with Crippen molar-refractivity contribution in [1.82, 2.24) is 5.32 Å². The highest BCUT2D eigenvalue weighted by molar-refractivity contribution is 6.38. The van der Waals surface area contributed by atoms with Crippen molar-refractivity contribution in [2.24, 2.45) is 0 Å². The van der Waals surface area contributed by atoms with Crippen molar-refractivity contribution in [3.05, 3.63) is 94.5 Å². The number of halogens is 1. The number of hydrogen-bond acceptors (Lipinski definition) is 3. The van der Waals surface area contributed by atoms with E-state index in [-0.39, 0.29) is 5.91 Å². The Hall–Kier alpha value is -3.08. The lowest BCUT2D eigenvalue weighted by Crippen LogP contribution is -2.21. The third kappa shape index (κ3) is 4.40. The summed E-state index contributed by atoms with van der Waals surface area (Å²) in [6.07, 6.45) is 0. The predicted octanol–water partition coefficient (Wildman–Crippen LogP) is 5.77. The molecule has 0 saturated carbocycles. The molecule has 0 fully saturated rings. The van der Waals surface area contributed by atoms with E-state index < -0.39 is 0 Å². The minimum atomic E-state index is -0.142. The number of rotatable bonds is 6. The van der Waals surface area contributed by atoms with E-state index in [9.17, 15) is 4.79 Å². The van der Waals surface area contributed by atoms with Gasteiger partial charge in [-0.25, -0.2) is 0 Å². The van der Waals surface area contributed by atoms with Crippen LogP contribution in [0.3, 0.4) is 0 Å². The summed E-state index contributed by atoms with van der Waals surface area (Å²) < 4.78 is 0. The number of carbonyl (C=O) groups excluding carboxylic acids is 1. The summed E-state index contributed by atoms with van der Waals surface area (Å²) in [5.41, 5.74) is 6.02. The van der Waals surface area contributed by atoms with E-state index >= 15 is 0 Å². The first-order valence-electron chi connectivity index (χ1n) is 10.0. The van der Waals surface area contributed by atoms with Gasteiger partial charge in [0.15, 0.2) is 0 Å². The quantitative estimate of drug-likeness (QED) is 0.446. The van der Waals surface area contributed by atoms with Crippen molar-refractivity contribution in [3.8, 4) is 0 Å². The maximum Gasteiger partial charge on any atom is 0.258 e. The van der Waals surface area contributed by atoms with Gasteiger partial charge in [0.05, 0.1) is 17.0 Å². The van der Waals surface area contributed by atoms with Crippen molar-refractivity contribution >= 4 is 40.2 Å². The lowest BCUT2D eigenvalue weighted by Gasteiger charge is -2.15. The SMILES string of the molecule is CC(C)NCc1ccc(NC(=C2C(=O)Nc3cc(Cl)ccc32)c2ccccc2)cc1. The minimum absolute atomic E-state index is 0.142. The van der Waals surface area contributed by atoms with Gasteiger partial charge in [-0.1, -0.05) is 74.0 Å². The van der Waals surface area contributed by atoms with Gasteiger partial charge in [0.1, 0.15) is 0 Å². The number of anilines is 2. The Morgan fingerprint density at radius 3 is 2.43 bits per heavy atom. The topological polar surface area (TPSA) is 53.2 Å². The van der Waals surface area contributed by atoms with Crippen molar-refractivity contribution in [2.75, 3.05) is 10.6 Å². The molecule has 152 valence electrons. The molecular weight excluding hydrogens is 394 g/mol. The van der Waals surface area contributed by atoms with Crippen molar-refractivity contribution in [2.45, 2.75) is 26.4 Å². The molecule has 0 atom stereocenters. The maximum absolute atomic E-state index is 12.9. The summed E-state index contributed by atoms with van der Waals surface area (Å²) in [6, 6.07) is 24.1. The molecule has 30 heavy (non-hydrogen) atoms. The van der Waals surface area contributed by atoms with E-state index in [1.165, 1.54) is 5.56 Å². The molecule has 3 aromatic rings. The number of carbonyl (C=O) groups is 1. The van der Waals surface area contributed by atoms with Crippen LogP contribution in [0.2, 0.25) is 5.02 Å². The van der Waals surface area contributed by atoms with Crippen LogP contribution in [-0.2, 0) is 11.3 Å². The van der Waals surface area contributed by atoms with Crippen LogP contribution < -0.4 is 16.0 Å². The van der Waals surface area contributed by atoms with E-state index in [0.717, 1.165) is 34.7 Å². The molecule has 0 saturated heterocycles. The summed E-state index contributed by atoms with van der Waals surface area (Å²) in [5.74, 6) is -0.142. The van der Waals surface area contributed by atoms with Gasteiger partial charge in [-0.05, 0) is 35.4 Å². The number of benzene rings is 3. The third-order valence-electron chi connectivity index (χ3n) is 4.98. The smallest absolute Gasteiger partial charge is 0.258 e. The van der Waals surface area contributed by atoms with Gasteiger partial charge >= 0.3 is 0 Å². The molecule has 1 aliphatic rings. The van der Waals surface area contributed by atoms with Crippen LogP contribution in [0.1, 0.15) is 30.5 Å². The summed E-state index contributed by atoms with van der Waals surface area (Å²) in [5, 5.41) is 10.4. The van der Waals surface area contributed by atoms with Crippen LogP contribution in [0.4, 0.5) is 11.4 Å². The molecule has 3 N–H and O–H groups in total. The third-order valence-corrected chi connectivity index (χ3v) is 5.21. The molecular formula is C25H24ClN3O. The Kier molecular flexibility index (Phi) is 5.88. The Morgan fingerprint density at radius 1 is 1.00 bits per heavy atom. The maximum atomic E-state index is 12.9. The standard InChI is InChI=1S/C25H24ClN3O/c1-16(2)27-15-17-8-11-20(12-9-17)28-24(18-6-4-3-5-7-18)23-21-13-10-19(26)14-22(21)29-25(23)30/h3-14,16,27-28H,15H2,1-2H3,(H,29,30). The largest absolute Gasteiger partial charge is 0.354 e. The van der Waals surface area contributed by atoms with Gasteiger partial charge in [0.25, 0.3) is 5.91 Å². The van der Waals surface area contributed by atoms with E-state index in [1.807, 2.05) is 48.5 Å². The molecule has 0 spiro atoms. The first-order chi connectivity index (χ1) is 14.5. The summed E-state index contributed by atoms with van der Waals surface area (Å²) in [7, 11) is 0. The molecule has 3 aromatic carbocycles. The molecule has 0 bridgehead atoms. The van der Waals surface area contributed by atoms with Gasteiger partial charge in [-0.3, -0.25) is 4.79 Å². The predicted molar refractivity (Wildman–Crippen MR) is 125 cm³/mol. The van der Waals surface area contributed by atoms with Crippen LogP contribution in [0.15, 0.2) is 72.8 Å². The monoisotopic (exact) mass is 417 g/mol. The lowest BCUT2D eigenvalue weighted by atomic mass is 10.00.